The van der Waals surface area contributed by atoms with Crippen LogP contribution in [0.2, 0.25) is 0 Å². The molecule has 1 rings (SSSR count). The number of amides is 1. The van der Waals surface area contributed by atoms with Gasteiger partial charge in [-0.25, -0.2) is 0 Å². The molecule has 0 aromatic carbocycles. The Hall–Kier alpha value is -0.280. The summed E-state index contributed by atoms with van der Waals surface area (Å²) in [6, 6.07) is 0.237. The van der Waals surface area contributed by atoms with E-state index in [1.807, 2.05) is 6.92 Å². The molecule has 1 atom stereocenters. The van der Waals surface area contributed by atoms with E-state index in [2.05, 4.69) is 0 Å². The van der Waals surface area contributed by atoms with E-state index >= 15 is 0 Å². The number of halogens is 1. The van der Waals surface area contributed by atoms with Gasteiger partial charge in [-0.15, -0.1) is 11.6 Å². The Bertz CT molecular complexity index is 151. The first-order valence-electron chi connectivity index (χ1n) is 3.72. The molecule has 0 N–H and O–H groups in total. The Labute approximate surface area is 71.3 Å². The first-order chi connectivity index (χ1) is 5.29. The van der Waals surface area contributed by atoms with Gasteiger partial charge in [0.1, 0.15) is 12.6 Å². The summed E-state index contributed by atoms with van der Waals surface area (Å²) in [5.41, 5.74) is 0. The number of hydrogen-bond acceptors (Lipinski definition) is 2. The molecule has 64 valence electrons. The van der Waals surface area contributed by atoms with Crippen molar-refractivity contribution in [2.45, 2.75) is 19.4 Å². The number of rotatable bonds is 2. The number of carbonyl (C=O) groups excluding carboxylic acids is 1. The van der Waals surface area contributed by atoms with Gasteiger partial charge in [0, 0.05) is 0 Å². The third-order valence-corrected chi connectivity index (χ3v) is 2.12. The summed E-state index contributed by atoms with van der Waals surface area (Å²) in [5, 5.41) is 0. The minimum absolute atomic E-state index is 0.0315. The summed E-state index contributed by atoms with van der Waals surface area (Å²) >= 11 is 5.41. The molecule has 4 heteroatoms. The lowest BCUT2D eigenvalue weighted by Crippen LogP contribution is -2.36. The van der Waals surface area contributed by atoms with Crippen LogP contribution >= 0.6 is 11.6 Å². The van der Waals surface area contributed by atoms with E-state index < -0.39 is 0 Å². The van der Waals surface area contributed by atoms with Crippen LogP contribution in [0, 0.1) is 0 Å². The fraction of sp³-hybridized carbons (Fsp3) is 0.857. The topological polar surface area (TPSA) is 29.5 Å². The molecular formula is C7H12ClNO2. The third-order valence-electron chi connectivity index (χ3n) is 1.89. The minimum atomic E-state index is -0.0315. The van der Waals surface area contributed by atoms with E-state index in [1.165, 1.54) is 0 Å². The van der Waals surface area contributed by atoms with Crippen LogP contribution in [0.1, 0.15) is 13.3 Å². The van der Waals surface area contributed by atoms with Gasteiger partial charge in [-0.05, 0) is 6.42 Å². The zero-order valence-corrected chi connectivity index (χ0v) is 7.30. The second-order valence-corrected chi connectivity index (χ2v) is 2.83. The van der Waals surface area contributed by atoms with E-state index in [-0.39, 0.29) is 17.8 Å². The molecule has 1 aliphatic heterocycles. The highest BCUT2D eigenvalue weighted by Crippen LogP contribution is 2.12. The molecule has 11 heavy (non-hydrogen) atoms. The fourth-order valence-electron chi connectivity index (χ4n) is 1.17. The first-order valence-corrected chi connectivity index (χ1v) is 4.26. The van der Waals surface area contributed by atoms with Crippen LogP contribution in [0.25, 0.3) is 0 Å². The van der Waals surface area contributed by atoms with E-state index in [1.54, 1.807) is 4.90 Å². The third kappa shape index (κ3) is 1.84. The zero-order valence-electron chi connectivity index (χ0n) is 6.55. The molecule has 1 fully saturated rings. The van der Waals surface area contributed by atoms with E-state index in [9.17, 15) is 4.79 Å². The minimum Gasteiger partial charge on any atom is -0.359 e. The standard InChI is InChI=1S/C7H12ClNO2/c1-2-6-4-11-5-9(6)7(10)3-8/h6H,2-5H2,1H3. The average Bonchev–Trinajstić information content (AvgIpc) is 2.50. The van der Waals surface area contributed by atoms with Gasteiger partial charge in [0.05, 0.1) is 12.6 Å². The lowest BCUT2D eigenvalue weighted by atomic mass is 10.2. The van der Waals surface area contributed by atoms with Crippen molar-refractivity contribution in [1.82, 2.24) is 4.90 Å². The van der Waals surface area contributed by atoms with Crippen molar-refractivity contribution in [1.29, 1.82) is 0 Å². The smallest absolute Gasteiger partial charge is 0.239 e. The van der Waals surface area contributed by atoms with E-state index in [4.69, 9.17) is 16.3 Å². The Morgan fingerprint density at radius 1 is 1.82 bits per heavy atom. The Morgan fingerprint density at radius 3 is 3.09 bits per heavy atom. The number of nitrogens with zero attached hydrogens (tertiary/aromatic N) is 1. The molecule has 0 bridgehead atoms. The molecule has 0 radical (unpaired) electrons. The maximum Gasteiger partial charge on any atom is 0.239 e. The molecule has 0 aromatic heterocycles. The maximum absolute atomic E-state index is 11.1. The van der Waals surface area contributed by atoms with Crippen LogP contribution in [0.15, 0.2) is 0 Å². The average molecular weight is 178 g/mol. The van der Waals surface area contributed by atoms with Crippen LogP contribution in [0.3, 0.4) is 0 Å². The van der Waals surface area contributed by atoms with Crippen LogP contribution in [0.4, 0.5) is 0 Å². The molecule has 0 aromatic rings. The lowest BCUT2D eigenvalue weighted by molar-refractivity contribution is -0.130. The molecule has 1 aliphatic rings. The van der Waals surface area contributed by atoms with Gasteiger partial charge in [0.25, 0.3) is 0 Å². The van der Waals surface area contributed by atoms with Crippen molar-refractivity contribution in [3.63, 3.8) is 0 Å². The Morgan fingerprint density at radius 2 is 2.55 bits per heavy atom. The summed E-state index contributed by atoms with van der Waals surface area (Å²) < 4.78 is 5.13. The quantitative estimate of drug-likeness (QED) is 0.585. The summed E-state index contributed by atoms with van der Waals surface area (Å²) in [6.07, 6.45) is 0.933. The fourth-order valence-corrected chi connectivity index (χ4v) is 1.33. The van der Waals surface area contributed by atoms with Crippen molar-refractivity contribution in [2.75, 3.05) is 19.2 Å². The number of hydrogen-bond donors (Lipinski definition) is 0. The van der Waals surface area contributed by atoms with Crippen LogP contribution in [-0.2, 0) is 9.53 Å². The molecule has 1 heterocycles. The maximum atomic E-state index is 11.1. The largest absolute Gasteiger partial charge is 0.359 e. The molecule has 1 unspecified atom stereocenters. The van der Waals surface area contributed by atoms with Crippen LogP contribution in [0.5, 0.6) is 0 Å². The van der Waals surface area contributed by atoms with Crippen LogP contribution < -0.4 is 0 Å². The number of ether oxygens (including phenoxy) is 1. The first kappa shape index (κ1) is 8.81. The second-order valence-electron chi connectivity index (χ2n) is 2.56. The summed E-state index contributed by atoms with van der Waals surface area (Å²) in [7, 11) is 0. The highest BCUT2D eigenvalue weighted by Gasteiger charge is 2.26. The van der Waals surface area contributed by atoms with Gasteiger partial charge in [-0.3, -0.25) is 4.79 Å². The Balaban J connectivity index is 2.49. The highest BCUT2D eigenvalue weighted by atomic mass is 35.5. The molecule has 3 nitrogen and oxygen atoms in total. The predicted molar refractivity (Wildman–Crippen MR) is 42.5 cm³/mol. The number of alkyl halides is 1. The summed E-state index contributed by atoms with van der Waals surface area (Å²) in [4.78, 5) is 12.8. The Kier molecular flexibility index (Phi) is 3.15. The summed E-state index contributed by atoms with van der Waals surface area (Å²) in [6.45, 7) is 3.09. The molecule has 0 spiro atoms. The van der Waals surface area contributed by atoms with Gasteiger partial charge >= 0.3 is 0 Å². The molecule has 0 aliphatic carbocycles. The van der Waals surface area contributed by atoms with E-state index in [0.717, 1.165) is 6.42 Å². The molecular weight excluding hydrogens is 166 g/mol. The van der Waals surface area contributed by atoms with Gasteiger partial charge in [-0.2, -0.15) is 0 Å². The highest BCUT2D eigenvalue weighted by molar-refractivity contribution is 6.27. The van der Waals surface area contributed by atoms with Crippen molar-refractivity contribution < 1.29 is 9.53 Å². The second kappa shape index (κ2) is 3.93. The SMILES string of the molecule is CCC1COCN1C(=O)CCl. The zero-order chi connectivity index (χ0) is 8.27. The van der Waals surface area contributed by atoms with Gasteiger partial charge in [0.2, 0.25) is 5.91 Å². The molecule has 0 saturated carbocycles. The lowest BCUT2D eigenvalue weighted by Gasteiger charge is -2.19. The van der Waals surface area contributed by atoms with Crippen molar-refractivity contribution in [3.05, 3.63) is 0 Å². The van der Waals surface area contributed by atoms with Crippen molar-refractivity contribution >= 4 is 17.5 Å². The monoisotopic (exact) mass is 177 g/mol. The van der Waals surface area contributed by atoms with Gasteiger partial charge < -0.3 is 9.64 Å². The summed E-state index contributed by atoms with van der Waals surface area (Å²) in [5.74, 6) is 0.0240. The molecule has 1 saturated heterocycles. The van der Waals surface area contributed by atoms with Crippen molar-refractivity contribution in [3.8, 4) is 0 Å². The predicted octanol–water partition coefficient (Wildman–Crippen LogP) is 0.820. The molecule has 1 amide bonds. The van der Waals surface area contributed by atoms with Crippen molar-refractivity contribution in [2.24, 2.45) is 0 Å². The van der Waals surface area contributed by atoms with Gasteiger partial charge in [-0.1, -0.05) is 6.92 Å². The number of carbonyl (C=O) groups is 1. The van der Waals surface area contributed by atoms with E-state index in [0.29, 0.717) is 13.3 Å². The van der Waals surface area contributed by atoms with Gasteiger partial charge in [0.15, 0.2) is 0 Å². The normalized spacial score (nSPS) is 24.2. The van der Waals surface area contributed by atoms with Crippen LogP contribution in [-0.4, -0.2) is 36.1 Å².